The number of aromatic nitrogens is 2. The lowest BCUT2D eigenvalue weighted by atomic mass is 10.2. The molecule has 0 aromatic carbocycles. The number of allylic oxidation sites excluding steroid dienone is 1. The molecule has 3 atom stereocenters. The second-order valence-corrected chi connectivity index (χ2v) is 13.2. The van der Waals surface area contributed by atoms with Crippen LogP contribution in [0.5, 0.6) is 0 Å². The Balaban J connectivity index is 2.59. The number of hydrogen-bond donors (Lipinski definition) is 1. The van der Waals surface area contributed by atoms with Crippen LogP contribution >= 0.6 is 16.1 Å². The average Bonchev–Trinajstić information content (AvgIpc) is 3.24. The summed E-state index contributed by atoms with van der Waals surface area (Å²) in [6.45, 7) is 10.1. The first-order chi connectivity index (χ1) is 19.8. The zero-order chi connectivity index (χ0) is 31.7. The molecule has 0 saturated heterocycles. The van der Waals surface area contributed by atoms with Crippen molar-refractivity contribution in [2.45, 2.75) is 90.9 Å². The number of methoxy groups -OCH3 is 1. The lowest BCUT2D eigenvalue weighted by Crippen LogP contribution is -2.37. The molecule has 2 rings (SSSR count). The molecule has 0 fully saturated rings. The highest BCUT2D eigenvalue weighted by atomic mass is 31.2. The second kappa shape index (κ2) is 16.1. The van der Waals surface area contributed by atoms with Gasteiger partial charge in [-0.2, -0.15) is 14.0 Å². The molecule has 2 unspecified atom stereocenters. The first kappa shape index (κ1) is 36.0. The number of ether oxygens (including phenoxy) is 2. The van der Waals surface area contributed by atoms with Crippen LogP contribution in [-0.2, 0) is 32.1 Å². The normalized spacial score (nSPS) is 18.5. The molecule has 0 spiro atoms. The summed E-state index contributed by atoms with van der Waals surface area (Å²) in [6.07, 6.45) is -2.63. The van der Waals surface area contributed by atoms with Gasteiger partial charge in [0.25, 0.3) is 5.56 Å². The van der Waals surface area contributed by atoms with Crippen molar-refractivity contribution in [3.05, 3.63) is 44.6 Å². The Morgan fingerprint density at radius 3 is 2.33 bits per heavy atom. The number of aromatic amines is 1. The summed E-state index contributed by atoms with van der Waals surface area (Å²) in [7, 11) is -5.45. The Morgan fingerprint density at radius 2 is 1.83 bits per heavy atom. The Labute approximate surface area is 245 Å². The molecule has 13 nitrogen and oxygen atoms in total. The smallest absolute Gasteiger partial charge is 0.399 e. The Kier molecular flexibility index (Phi) is 13.8. The number of nitriles is 1. The van der Waals surface area contributed by atoms with Gasteiger partial charge in [0.15, 0.2) is 11.9 Å². The third-order valence-electron chi connectivity index (χ3n) is 5.92. The van der Waals surface area contributed by atoms with Crippen LogP contribution < -0.4 is 11.2 Å². The van der Waals surface area contributed by atoms with E-state index in [0.717, 1.165) is 10.6 Å². The van der Waals surface area contributed by atoms with Crippen molar-refractivity contribution in [3.8, 4) is 6.07 Å². The number of nitrogens with zero attached hydrogens (tertiary/aromatic N) is 3. The molecule has 2 heterocycles. The van der Waals surface area contributed by atoms with Gasteiger partial charge in [-0.1, -0.05) is 0 Å². The lowest BCUT2D eigenvalue weighted by molar-refractivity contribution is -0.0364. The fourth-order valence-corrected chi connectivity index (χ4v) is 7.40. The first-order valence-electron chi connectivity index (χ1n) is 13.5. The molecule has 0 radical (unpaired) electrons. The van der Waals surface area contributed by atoms with Crippen molar-refractivity contribution >= 4 is 16.1 Å². The Morgan fingerprint density at radius 1 is 1.21 bits per heavy atom. The largest absolute Gasteiger partial charge is 0.467 e. The van der Waals surface area contributed by atoms with Crippen molar-refractivity contribution < 1.29 is 40.9 Å². The molecule has 238 valence electrons. The van der Waals surface area contributed by atoms with E-state index in [1.807, 2.05) is 38.4 Å². The molecule has 0 aliphatic carbocycles. The van der Waals surface area contributed by atoms with Crippen molar-refractivity contribution in [3.63, 3.8) is 0 Å². The third kappa shape index (κ3) is 8.69. The maximum atomic E-state index is 15.3. The number of rotatable bonds is 18. The molecule has 0 saturated carbocycles. The standard InChI is InChI=1S/C25H40F2N4O9P2/c1-8-37-42(34,38-9-2)25(26,27)13-11-19-21(40-41(36-16-10-14-28)31(17(3)4)18(5)6)22(35-7)23(39-19)30-15-12-20(32)29-24(30)33/h12,15,17-18,22-23H,8-11,13,16H2,1-7H3,(H,29,32,33)/t22?,23-,41?/m1/s1. The predicted molar refractivity (Wildman–Crippen MR) is 151 cm³/mol. The summed E-state index contributed by atoms with van der Waals surface area (Å²) in [6, 6.07) is 2.93. The molecule has 1 aromatic rings. The van der Waals surface area contributed by atoms with E-state index < -0.39 is 58.2 Å². The summed E-state index contributed by atoms with van der Waals surface area (Å²) in [5.74, 6) is -0.124. The van der Waals surface area contributed by atoms with E-state index in [-0.39, 0.29) is 49.8 Å². The van der Waals surface area contributed by atoms with Crippen LogP contribution in [-0.4, -0.2) is 65.0 Å². The minimum atomic E-state index is -4.83. The maximum Gasteiger partial charge on any atom is 0.399 e. The van der Waals surface area contributed by atoms with Crippen LogP contribution in [0.1, 0.15) is 67.0 Å². The molecular formula is C25H40F2N4O9P2. The van der Waals surface area contributed by atoms with E-state index in [1.165, 1.54) is 27.2 Å². The molecular weight excluding hydrogens is 600 g/mol. The predicted octanol–water partition coefficient (Wildman–Crippen LogP) is 5.22. The van der Waals surface area contributed by atoms with Gasteiger partial charge in [-0.3, -0.25) is 18.9 Å². The fraction of sp³-hybridized carbons (Fsp3) is 0.720. The second-order valence-electron chi connectivity index (χ2n) is 9.61. The number of hydrogen-bond acceptors (Lipinski definition) is 11. The number of alkyl halides is 2. The van der Waals surface area contributed by atoms with Gasteiger partial charge in [0.2, 0.25) is 6.23 Å². The molecule has 1 aliphatic rings. The maximum absolute atomic E-state index is 15.3. The Bertz CT molecular complexity index is 1250. The first-order valence-corrected chi connectivity index (χ1v) is 16.2. The van der Waals surface area contributed by atoms with Crippen LogP contribution in [0.3, 0.4) is 0 Å². The molecule has 0 amide bonds. The minimum absolute atomic E-state index is 0.0200. The molecule has 42 heavy (non-hydrogen) atoms. The van der Waals surface area contributed by atoms with Gasteiger partial charge in [0.05, 0.1) is 32.3 Å². The van der Waals surface area contributed by atoms with Crippen LogP contribution in [0, 0.1) is 11.3 Å². The summed E-state index contributed by atoms with van der Waals surface area (Å²) in [4.78, 5) is 26.4. The summed E-state index contributed by atoms with van der Waals surface area (Å²) in [5, 5.41) is 9.04. The van der Waals surface area contributed by atoms with Crippen LogP contribution in [0.4, 0.5) is 8.78 Å². The third-order valence-corrected chi connectivity index (χ3v) is 10.2. The highest BCUT2D eigenvalue weighted by Gasteiger charge is 2.54. The van der Waals surface area contributed by atoms with E-state index in [4.69, 9.17) is 32.8 Å². The average molecular weight is 641 g/mol. The van der Waals surface area contributed by atoms with Gasteiger partial charge < -0.3 is 27.6 Å². The van der Waals surface area contributed by atoms with E-state index in [0.29, 0.717) is 0 Å². The van der Waals surface area contributed by atoms with Gasteiger partial charge in [-0.15, -0.1) is 0 Å². The van der Waals surface area contributed by atoms with Crippen molar-refractivity contribution in [2.24, 2.45) is 0 Å². The minimum Gasteiger partial charge on any atom is -0.467 e. The summed E-state index contributed by atoms with van der Waals surface area (Å²) < 4.78 is 80.2. The highest BCUT2D eigenvalue weighted by molar-refractivity contribution is 7.55. The topological polar surface area (TPSA) is 154 Å². The zero-order valence-corrected chi connectivity index (χ0v) is 26.7. The monoisotopic (exact) mass is 640 g/mol. The number of halogens is 2. The van der Waals surface area contributed by atoms with E-state index in [2.05, 4.69) is 4.98 Å². The molecule has 17 heteroatoms. The summed E-state index contributed by atoms with van der Waals surface area (Å²) >= 11 is 0. The van der Waals surface area contributed by atoms with Crippen LogP contribution in [0.25, 0.3) is 0 Å². The zero-order valence-electron chi connectivity index (χ0n) is 24.9. The van der Waals surface area contributed by atoms with Gasteiger partial charge in [0, 0.05) is 44.3 Å². The van der Waals surface area contributed by atoms with Gasteiger partial charge in [0.1, 0.15) is 5.76 Å². The van der Waals surface area contributed by atoms with Crippen molar-refractivity contribution in [1.29, 1.82) is 5.26 Å². The molecule has 1 aromatic heterocycles. The molecule has 0 bridgehead atoms. The molecule has 1 N–H and O–H groups in total. The fourth-order valence-electron chi connectivity index (χ4n) is 4.23. The van der Waals surface area contributed by atoms with Gasteiger partial charge in [-0.05, 0) is 41.5 Å². The number of nitrogens with one attached hydrogen (secondary N) is 1. The number of H-pyrrole nitrogens is 1. The lowest BCUT2D eigenvalue weighted by Gasteiger charge is -2.36. The van der Waals surface area contributed by atoms with Crippen LogP contribution in [0.2, 0.25) is 0 Å². The van der Waals surface area contributed by atoms with Crippen molar-refractivity contribution in [2.75, 3.05) is 26.9 Å². The van der Waals surface area contributed by atoms with Crippen LogP contribution in [0.15, 0.2) is 33.4 Å². The van der Waals surface area contributed by atoms with Crippen molar-refractivity contribution in [1.82, 2.24) is 14.2 Å². The van der Waals surface area contributed by atoms with Gasteiger partial charge >= 0.3 is 27.5 Å². The SMILES string of the molecule is CCOP(=O)(OCC)C(F)(F)CCC1=C(OP(OCCC#N)N(C(C)C)C(C)C)C(OC)[C@H](n2ccc(=O)[nH]c2=O)O1. The van der Waals surface area contributed by atoms with E-state index >= 15 is 8.78 Å². The Hall–Kier alpha value is -2.17. The van der Waals surface area contributed by atoms with Gasteiger partial charge in [-0.25, -0.2) is 9.46 Å². The summed E-state index contributed by atoms with van der Waals surface area (Å²) in [5.41, 5.74) is -5.36. The highest BCUT2D eigenvalue weighted by Crippen LogP contribution is 2.64. The van der Waals surface area contributed by atoms with E-state index in [1.54, 1.807) is 0 Å². The quantitative estimate of drug-likeness (QED) is 0.166. The van der Waals surface area contributed by atoms with E-state index in [9.17, 15) is 14.2 Å². The molecule has 1 aliphatic heterocycles.